The van der Waals surface area contributed by atoms with E-state index in [0.29, 0.717) is 6.54 Å². The lowest BCUT2D eigenvalue weighted by Gasteiger charge is -2.38. The van der Waals surface area contributed by atoms with E-state index < -0.39 is 0 Å². The molecule has 29 heavy (non-hydrogen) atoms. The first-order valence-corrected chi connectivity index (χ1v) is 10.4. The minimum absolute atomic E-state index is 0.0489. The molecule has 2 amide bonds. The van der Waals surface area contributed by atoms with Crippen molar-refractivity contribution in [3.8, 4) is 5.75 Å². The Balaban J connectivity index is 1.23. The van der Waals surface area contributed by atoms with Gasteiger partial charge in [0, 0.05) is 43.9 Å². The Hall–Kier alpha value is -3.08. The van der Waals surface area contributed by atoms with Gasteiger partial charge < -0.3 is 15.0 Å². The molecule has 2 aliphatic heterocycles. The summed E-state index contributed by atoms with van der Waals surface area (Å²) in [6, 6.07) is 18.9. The lowest BCUT2D eigenvalue weighted by atomic mass is 10.00. The summed E-state index contributed by atoms with van der Waals surface area (Å²) in [6.07, 6.45) is 7.56. The minimum atomic E-state index is 0.0489. The molecule has 3 aromatic rings. The highest BCUT2D eigenvalue weighted by Crippen LogP contribution is 2.37. The quantitative estimate of drug-likeness (QED) is 0.716. The van der Waals surface area contributed by atoms with E-state index in [0.717, 1.165) is 37.0 Å². The topological polar surface area (TPSA) is 54.5 Å². The van der Waals surface area contributed by atoms with Crippen LogP contribution in [0, 0.1) is 0 Å². The van der Waals surface area contributed by atoms with Crippen LogP contribution in [0.1, 0.15) is 31.2 Å². The molecule has 0 aliphatic carbocycles. The third-order valence-corrected chi connectivity index (χ3v) is 6.19. The van der Waals surface area contributed by atoms with Crippen molar-refractivity contribution >= 4 is 16.8 Å². The number of benzene rings is 2. The van der Waals surface area contributed by atoms with Crippen LogP contribution in [0.5, 0.6) is 5.75 Å². The van der Waals surface area contributed by atoms with Crippen LogP contribution in [-0.4, -0.2) is 34.1 Å². The Morgan fingerprint density at radius 1 is 1.00 bits per heavy atom. The van der Waals surface area contributed by atoms with Crippen molar-refractivity contribution in [1.29, 1.82) is 0 Å². The van der Waals surface area contributed by atoms with E-state index in [9.17, 15) is 4.79 Å². The number of nitrogens with zero attached hydrogens (tertiary/aromatic N) is 2. The number of urea groups is 1. The number of amides is 2. The van der Waals surface area contributed by atoms with Crippen molar-refractivity contribution in [2.75, 3.05) is 0 Å². The van der Waals surface area contributed by atoms with Gasteiger partial charge >= 0.3 is 6.03 Å². The third-order valence-electron chi connectivity index (χ3n) is 6.19. The summed E-state index contributed by atoms with van der Waals surface area (Å²) in [6.45, 7) is 0.549. The lowest BCUT2D eigenvalue weighted by molar-refractivity contribution is 0.0686. The van der Waals surface area contributed by atoms with Gasteiger partial charge in [0.15, 0.2) is 0 Å². The molecule has 0 saturated carbocycles. The maximum atomic E-state index is 13.0. The number of carbonyl (C=O) groups is 1. The van der Waals surface area contributed by atoms with Gasteiger partial charge in [-0.1, -0.05) is 42.5 Å². The summed E-state index contributed by atoms with van der Waals surface area (Å²) in [5.74, 6) is 0.859. The first-order chi connectivity index (χ1) is 14.3. The smallest absolute Gasteiger partial charge is 0.318 e. The predicted octanol–water partition coefficient (Wildman–Crippen LogP) is 4.52. The second-order valence-corrected chi connectivity index (χ2v) is 7.98. The monoisotopic (exact) mass is 387 g/mol. The van der Waals surface area contributed by atoms with Crippen LogP contribution >= 0.6 is 0 Å². The molecule has 2 aromatic carbocycles. The van der Waals surface area contributed by atoms with Crippen LogP contribution < -0.4 is 10.1 Å². The average Bonchev–Trinajstić information content (AvgIpc) is 3.03. The van der Waals surface area contributed by atoms with Crippen molar-refractivity contribution in [1.82, 2.24) is 15.2 Å². The van der Waals surface area contributed by atoms with Crippen molar-refractivity contribution in [2.24, 2.45) is 0 Å². The van der Waals surface area contributed by atoms with Gasteiger partial charge in [0.1, 0.15) is 11.9 Å². The Kier molecular flexibility index (Phi) is 4.80. The first kappa shape index (κ1) is 18.0. The van der Waals surface area contributed by atoms with Gasteiger partial charge in [-0.2, -0.15) is 0 Å². The van der Waals surface area contributed by atoms with Crippen LogP contribution in [0.3, 0.4) is 0 Å². The summed E-state index contributed by atoms with van der Waals surface area (Å²) in [4.78, 5) is 19.1. The van der Waals surface area contributed by atoms with Crippen molar-refractivity contribution < 1.29 is 9.53 Å². The molecule has 5 rings (SSSR count). The van der Waals surface area contributed by atoms with E-state index in [1.165, 1.54) is 10.8 Å². The summed E-state index contributed by atoms with van der Waals surface area (Å²) < 4.78 is 6.14. The Labute approximate surface area is 170 Å². The first-order valence-electron chi connectivity index (χ1n) is 10.4. The molecule has 2 aliphatic rings. The Morgan fingerprint density at radius 3 is 2.52 bits per heavy atom. The highest BCUT2D eigenvalue weighted by Gasteiger charge is 2.44. The number of hydrogen-bond acceptors (Lipinski definition) is 3. The molecule has 148 valence electrons. The standard InChI is InChI=1S/C24H25N3O2/c28-24(26-16-18-6-3-5-17-4-1-2-7-23(17)18)27-19-8-9-20(27)15-22(14-19)29-21-10-12-25-13-11-21/h1-7,10-13,19-20,22H,8-9,14-16H2,(H,26,28). The molecule has 5 nitrogen and oxygen atoms in total. The molecule has 3 heterocycles. The largest absolute Gasteiger partial charge is 0.490 e. The summed E-state index contributed by atoms with van der Waals surface area (Å²) in [7, 11) is 0. The van der Waals surface area contributed by atoms with Gasteiger partial charge in [-0.25, -0.2) is 4.79 Å². The molecule has 1 N–H and O–H groups in total. The number of piperidine rings is 1. The van der Waals surface area contributed by atoms with Crippen molar-refractivity contribution in [3.63, 3.8) is 0 Å². The van der Waals surface area contributed by atoms with E-state index >= 15 is 0 Å². The second kappa shape index (κ2) is 7.74. The van der Waals surface area contributed by atoms with E-state index in [1.54, 1.807) is 12.4 Å². The van der Waals surface area contributed by atoms with E-state index in [4.69, 9.17) is 4.74 Å². The van der Waals surface area contributed by atoms with Gasteiger partial charge in [0.05, 0.1) is 0 Å². The van der Waals surface area contributed by atoms with Crippen LogP contribution in [0.2, 0.25) is 0 Å². The fourth-order valence-corrected chi connectivity index (χ4v) is 4.87. The summed E-state index contributed by atoms with van der Waals surface area (Å²) >= 11 is 0. The number of rotatable bonds is 4. The number of fused-ring (bicyclic) bond motifs is 3. The molecule has 0 spiro atoms. The van der Waals surface area contributed by atoms with Crippen molar-refractivity contribution in [2.45, 2.75) is 50.4 Å². The van der Waals surface area contributed by atoms with Crippen LogP contribution in [0.15, 0.2) is 67.0 Å². The molecule has 5 heteroatoms. The summed E-state index contributed by atoms with van der Waals surface area (Å²) in [5, 5.41) is 5.56. The average molecular weight is 387 g/mol. The second-order valence-electron chi connectivity index (χ2n) is 7.98. The lowest BCUT2D eigenvalue weighted by Crippen LogP contribution is -2.52. The number of ether oxygens (including phenoxy) is 1. The zero-order chi connectivity index (χ0) is 19.6. The maximum absolute atomic E-state index is 13.0. The van der Waals surface area contributed by atoms with E-state index in [1.807, 2.05) is 24.3 Å². The van der Waals surface area contributed by atoms with Gasteiger partial charge in [-0.3, -0.25) is 4.98 Å². The number of hydrogen-bond donors (Lipinski definition) is 1. The molecule has 2 bridgehead atoms. The Morgan fingerprint density at radius 2 is 1.72 bits per heavy atom. The molecule has 2 saturated heterocycles. The Bertz CT molecular complexity index is 988. The van der Waals surface area contributed by atoms with E-state index in [2.05, 4.69) is 45.5 Å². The highest BCUT2D eigenvalue weighted by molar-refractivity contribution is 5.86. The molecule has 2 unspecified atom stereocenters. The van der Waals surface area contributed by atoms with Crippen LogP contribution in [0.4, 0.5) is 4.79 Å². The molecule has 2 fully saturated rings. The third kappa shape index (κ3) is 3.65. The van der Waals surface area contributed by atoms with Gasteiger partial charge in [0.25, 0.3) is 0 Å². The maximum Gasteiger partial charge on any atom is 0.318 e. The van der Waals surface area contributed by atoms with Gasteiger partial charge in [0.2, 0.25) is 0 Å². The zero-order valence-electron chi connectivity index (χ0n) is 16.3. The number of nitrogens with one attached hydrogen (secondary N) is 1. The fraction of sp³-hybridized carbons (Fsp3) is 0.333. The van der Waals surface area contributed by atoms with Gasteiger partial charge in [-0.15, -0.1) is 0 Å². The van der Waals surface area contributed by atoms with Crippen LogP contribution in [-0.2, 0) is 6.54 Å². The SMILES string of the molecule is O=C(NCc1cccc2ccccc12)N1C2CCC1CC(Oc1ccncc1)C2. The molecule has 1 aromatic heterocycles. The van der Waals surface area contributed by atoms with E-state index in [-0.39, 0.29) is 24.2 Å². The number of pyridine rings is 1. The predicted molar refractivity (Wildman–Crippen MR) is 113 cm³/mol. The fourth-order valence-electron chi connectivity index (χ4n) is 4.87. The summed E-state index contributed by atoms with van der Waals surface area (Å²) in [5.41, 5.74) is 1.15. The zero-order valence-corrected chi connectivity index (χ0v) is 16.3. The molecule has 2 atom stereocenters. The van der Waals surface area contributed by atoms with Crippen molar-refractivity contribution in [3.05, 3.63) is 72.6 Å². The number of aromatic nitrogens is 1. The highest BCUT2D eigenvalue weighted by atomic mass is 16.5. The molecule has 0 radical (unpaired) electrons. The minimum Gasteiger partial charge on any atom is -0.490 e. The van der Waals surface area contributed by atoms with Gasteiger partial charge in [-0.05, 0) is 41.3 Å². The molecular formula is C24H25N3O2. The normalized spacial score (nSPS) is 23.2. The number of carbonyl (C=O) groups excluding carboxylic acids is 1. The van der Waals surface area contributed by atoms with Crippen LogP contribution in [0.25, 0.3) is 10.8 Å². The molecular weight excluding hydrogens is 362 g/mol.